The van der Waals surface area contributed by atoms with Crippen LogP contribution < -0.4 is 5.73 Å². The van der Waals surface area contributed by atoms with Crippen LogP contribution in [-0.4, -0.2) is 15.5 Å². The molecule has 134 valence electrons. The fourth-order valence-electron chi connectivity index (χ4n) is 3.42. The smallest absolute Gasteiger partial charge is 0.251 e. The summed E-state index contributed by atoms with van der Waals surface area (Å²) in [5, 5.41) is 0.613. The van der Waals surface area contributed by atoms with E-state index >= 15 is 0 Å². The van der Waals surface area contributed by atoms with Crippen molar-refractivity contribution in [1.29, 1.82) is 0 Å². The molecule has 0 saturated carbocycles. The lowest BCUT2D eigenvalue weighted by Gasteiger charge is -2.13. The van der Waals surface area contributed by atoms with Gasteiger partial charge in [0.1, 0.15) is 0 Å². The van der Waals surface area contributed by atoms with Crippen LogP contribution in [0.1, 0.15) is 40.8 Å². The molecule has 3 rings (SSSR count). The minimum Gasteiger partial charge on any atom is -0.366 e. The van der Waals surface area contributed by atoms with Crippen molar-refractivity contribution in [3.8, 4) is 11.1 Å². The fourth-order valence-corrected chi connectivity index (χ4v) is 3.65. The molecule has 0 atom stereocenters. The summed E-state index contributed by atoms with van der Waals surface area (Å²) in [4.78, 5) is 16.7. The summed E-state index contributed by atoms with van der Waals surface area (Å²) < 4.78 is 2.14. The lowest BCUT2D eigenvalue weighted by Crippen LogP contribution is -2.14. The number of pyridine rings is 1. The zero-order chi connectivity index (χ0) is 18.7. The number of hydrogen-bond donors (Lipinski definition) is 1. The van der Waals surface area contributed by atoms with Gasteiger partial charge in [0.15, 0.2) is 0 Å². The monoisotopic (exact) mass is 367 g/mol. The van der Waals surface area contributed by atoms with Crippen molar-refractivity contribution in [2.75, 3.05) is 0 Å². The van der Waals surface area contributed by atoms with E-state index in [1.807, 2.05) is 49.4 Å². The summed E-state index contributed by atoms with van der Waals surface area (Å²) >= 11 is 6.46. The Morgan fingerprint density at radius 1 is 1.19 bits per heavy atom. The molecular formula is C21H22ClN3O. The minimum atomic E-state index is -0.436. The molecule has 1 aromatic carbocycles. The molecule has 4 nitrogen and oxygen atoms in total. The third-order valence-electron chi connectivity index (χ3n) is 4.55. The fraction of sp³-hybridized carbons (Fsp3) is 0.238. The summed E-state index contributed by atoms with van der Waals surface area (Å²) in [6.07, 6.45) is 3.54. The summed E-state index contributed by atoms with van der Waals surface area (Å²) in [5.41, 5.74) is 10.8. The number of carbonyl (C=O) groups is 1. The van der Waals surface area contributed by atoms with E-state index < -0.39 is 5.91 Å². The summed E-state index contributed by atoms with van der Waals surface area (Å²) in [6, 6.07) is 13.4. The predicted octanol–water partition coefficient (Wildman–Crippen LogP) is 4.61. The standard InChI is InChI=1S/C21H22ClN3O/c1-3-8-18-20(16-10-4-5-11-17(16)22)19(21(23)26)14(2)25(18)13-15-9-6-7-12-24-15/h4-7,9-12H,3,8,13H2,1-2H3,(H2,23,26). The first-order valence-corrected chi connectivity index (χ1v) is 9.09. The minimum absolute atomic E-state index is 0.436. The van der Waals surface area contributed by atoms with Gasteiger partial charge in [-0.25, -0.2) is 0 Å². The molecule has 0 bridgehead atoms. The second-order valence-electron chi connectivity index (χ2n) is 6.28. The topological polar surface area (TPSA) is 60.9 Å². The molecule has 0 saturated heterocycles. The van der Waals surface area contributed by atoms with E-state index in [1.54, 1.807) is 6.20 Å². The molecule has 0 aliphatic rings. The van der Waals surface area contributed by atoms with Crippen molar-refractivity contribution in [2.24, 2.45) is 5.73 Å². The third kappa shape index (κ3) is 3.37. The van der Waals surface area contributed by atoms with Gasteiger partial charge in [-0.15, -0.1) is 0 Å². The van der Waals surface area contributed by atoms with Crippen LogP contribution >= 0.6 is 11.6 Å². The van der Waals surface area contributed by atoms with Gasteiger partial charge in [0.2, 0.25) is 0 Å². The summed E-state index contributed by atoms with van der Waals surface area (Å²) in [6.45, 7) is 4.64. The van der Waals surface area contributed by atoms with Crippen LogP contribution in [0.15, 0.2) is 48.7 Å². The largest absolute Gasteiger partial charge is 0.366 e. The van der Waals surface area contributed by atoms with Gasteiger partial charge in [-0.05, 0) is 31.5 Å². The van der Waals surface area contributed by atoms with Crippen LogP contribution in [0.25, 0.3) is 11.1 Å². The molecule has 0 aliphatic heterocycles. The van der Waals surface area contributed by atoms with Crippen molar-refractivity contribution >= 4 is 17.5 Å². The molecular weight excluding hydrogens is 346 g/mol. The molecule has 0 radical (unpaired) electrons. The number of carbonyl (C=O) groups excluding carboxylic acids is 1. The number of nitrogens with zero attached hydrogens (tertiary/aromatic N) is 2. The Balaban J connectivity index is 2.27. The van der Waals surface area contributed by atoms with Crippen LogP contribution in [0, 0.1) is 6.92 Å². The van der Waals surface area contributed by atoms with E-state index in [0.29, 0.717) is 17.1 Å². The molecule has 0 unspecified atom stereocenters. The highest BCUT2D eigenvalue weighted by Gasteiger charge is 2.25. The van der Waals surface area contributed by atoms with E-state index in [1.165, 1.54) is 0 Å². The van der Waals surface area contributed by atoms with Crippen molar-refractivity contribution in [2.45, 2.75) is 33.2 Å². The van der Waals surface area contributed by atoms with Crippen LogP contribution in [-0.2, 0) is 13.0 Å². The lowest BCUT2D eigenvalue weighted by atomic mass is 9.98. The van der Waals surface area contributed by atoms with Gasteiger partial charge in [0.05, 0.1) is 17.8 Å². The first kappa shape index (κ1) is 18.2. The molecule has 3 aromatic rings. The van der Waals surface area contributed by atoms with Crippen LogP contribution in [0.4, 0.5) is 0 Å². The normalized spacial score (nSPS) is 10.9. The molecule has 0 aliphatic carbocycles. The second kappa shape index (κ2) is 7.75. The molecule has 26 heavy (non-hydrogen) atoms. The summed E-state index contributed by atoms with van der Waals surface area (Å²) in [7, 11) is 0. The SMILES string of the molecule is CCCc1c(-c2ccccc2Cl)c(C(N)=O)c(C)n1Cc1ccccn1. The van der Waals surface area contributed by atoms with Crippen LogP contribution in [0.2, 0.25) is 5.02 Å². The second-order valence-corrected chi connectivity index (χ2v) is 6.69. The van der Waals surface area contributed by atoms with Gasteiger partial charge in [0, 0.05) is 33.7 Å². The number of nitrogens with two attached hydrogens (primary N) is 1. The number of aromatic nitrogens is 2. The molecule has 2 N–H and O–H groups in total. The van der Waals surface area contributed by atoms with Crippen molar-refractivity contribution in [3.05, 3.63) is 76.3 Å². The third-order valence-corrected chi connectivity index (χ3v) is 4.88. The highest BCUT2D eigenvalue weighted by atomic mass is 35.5. The average molecular weight is 368 g/mol. The Morgan fingerprint density at radius 2 is 1.92 bits per heavy atom. The van der Waals surface area contributed by atoms with Gasteiger partial charge >= 0.3 is 0 Å². The molecule has 2 heterocycles. The molecule has 2 aromatic heterocycles. The highest BCUT2D eigenvalue weighted by molar-refractivity contribution is 6.33. The van der Waals surface area contributed by atoms with Gasteiger partial charge in [-0.3, -0.25) is 9.78 Å². The quantitative estimate of drug-likeness (QED) is 0.691. The number of primary amides is 1. The molecule has 0 spiro atoms. The van der Waals surface area contributed by atoms with Crippen molar-refractivity contribution < 1.29 is 4.79 Å². The summed E-state index contributed by atoms with van der Waals surface area (Å²) in [5.74, 6) is -0.436. The maximum atomic E-state index is 12.3. The molecule has 5 heteroatoms. The Labute approximate surface area is 158 Å². The van der Waals surface area contributed by atoms with Crippen LogP contribution in [0.3, 0.4) is 0 Å². The molecule has 0 fully saturated rings. The number of amides is 1. The van der Waals surface area contributed by atoms with E-state index in [9.17, 15) is 4.79 Å². The van der Waals surface area contributed by atoms with Crippen molar-refractivity contribution in [1.82, 2.24) is 9.55 Å². The van der Waals surface area contributed by atoms with E-state index in [0.717, 1.165) is 41.1 Å². The lowest BCUT2D eigenvalue weighted by molar-refractivity contribution is 0.1000. The van der Waals surface area contributed by atoms with E-state index in [4.69, 9.17) is 17.3 Å². The first-order valence-electron chi connectivity index (χ1n) is 8.71. The maximum Gasteiger partial charge on any atom is 0.251 e. The average Bonchev–Trinajstić information content (AvgIpc) is 2.89. The predicted molar refractivity (Wildman–Crippen MR) is 105 cm³/mol. The Kier molecular flexibility index (Phi) is 5.43. The Hall–Kier alpha value is -2.59. The van der Waals surface area contributed by atoms with Gasteiger partial charge in [-0.2, -0.15) is 0 Å². The maximum absolute atomic E-state index is 12.3. The number of hydrogen-bond acceptors (Lipinski definition) is 2. The highest BCUT2D eigenvalue weighted by Crippen LogP contribution is 2.37. The van der Waals surface area contributed by atoms with E-state index in [-0.39, 0.29) is 0 Å². The first-order chi connectivity index (χ1) is 12.5. The van der Waals surface area contributed by atoms with Gasteiger partial charge in [-0.1, -0.05) is 49.2 Å². The zero-order valence-corrected chi connectivity index (χ0v) is 15.8. The molecule has 1 amide bonds. The zero-order valence-electron chi connectivity index (χ0n) is 15.0. The van der Waals surface area contributed by atoms with Gasteiger partial charge < -0.3 is 10.3 Å². The number of rotatable bonds is 6. The Morgan fingerprint density at radius 3 is 2.54 bits per heavy atom. The van der Waals surface area contributed by atoms with E-state index in [2.05, 4.69) is 16.5 Å². The van der Waals surface area contributed by atoms with Crippen LogP contribution in [0.5, 0.6) is 0 Å². The Bertz CT molecular complexity index is 932. The number of halogens is 1. The number of benzene rings is 1. The van der Waals surface area contributed by atoms with Crippen molar-refractivity contribution in [3.63, 3.8) is 0 Å². The van der Waals surface area contributed by atoms with Gasteiger partial charge in [0.25, 0.3) is 5.91 Å².